The van der Waals surface area contributed by atoms with Crippen molar-refractivity contribution in [2.45, 2.75) is 59.4 Å². The van der Waals surface area contributed by atoms with Gasteiger partial charge in [-0.05, 0) is 69.9 Å². The predicted molar refractivity (Wildman–Crippen MR) is 127 cm³/mol. The van der Waals surface area contributed by atoms with Gasteiger partial charge in [-0.15, -0.1) is 0 Å². The van der Waals surface area contributed by atoms with E-state index in [2.05, 4.69) is 40.9 Å². The molecule has 1 N–H and O–H groups in total. The normalized spacial score (nSPS) is 14.5. The van der Waals surface area contributed by atoms with Crippen molar-refractivity contribution in [2.24, 2.45) is 0 Å². The minimum atomic E-state index is -0.0427. The standard InChI is InChI=1S/C25H38N4O2/c1-5-16-31-23-11-10-19(18-28(4)14-15-29-12-8-9-13-29)17-21(23)24-26-22(7-3)20(6-2)25(30)27-24/h10-11,17H,5-9,12-16,18H2,1-4H3,(H,26,27,30). The van der Waals surface area contributed by atoms with Crippen LogP contribution in [0.5, 0.6) is 5.75 Å². The molecule has 1 aliphatic rings. The van der Waals surface area contributed by atoms with Crippen LogP contribution in [0.1, 0.15) is 56.9 Å². The van der Waals surface area contributed by atoms with Crippen molar-refractivity contribution in [2.75, 3.05) is 39.8 Å². The van der Waals surface area contributed by atoms with Crippen LogP contribution in [0.25, 0.3) is 11.4 Å². The highest BCUT2D eigenvalue weighted by molar-refractivity contribution is 5.65. The third kappa shape index (κ3) is 6.17. The minimum absolute atomic E-state index is 0.0427. The van der Waals surface area contributed by atoms with Gasteiger partial charge in [0, 0.05) is 25.2 Å². The summed E-state index contributed by atoms with van der Waals surface area (Å²) in [6.07, 6.45) is 5.01. The maximum absolute atomic E-state index is 12.7. The Bertz CT molecular complexity index is 903. The molecule has 31 heavy (non-hydrogen) atoms. The zero-order chi connectivity index (χ0) is 22.2. The smallest absolute Gasteiger partial charge is 0.254 e. The second-order valence-corrected chi connectivity index (χ2v) is 8.51. The van der Waals surface area contributed by atoms with Crippen molar-refractivity contribution in [3.63, 3.8) is 0 Å². The van der Waals surface area contributed by atoms with Crippen molar-refractivity contribution in [3.8, 4) is 17.1 Å². The van der Waals surface area contributed by atoms with Gasteiger partial charge in [0.25, 0.3) is 5.56 Å². The van der Waals surface area contributed by atoms with E-state index in [0.29, 0.717) is 18.9 Å². The van der Waals surface area contributed by atoms with Gasteiger partial charge in [-0.1, -0.05) is 26.8 Å². The lowest BCUT2D eigenvalue weighted by Gasteiger charge is -2.22. The fourth-order valence-corrected chi connectivity index (χ4v) is 4.24. The number of likely N-dealkylation sites (N-methyl/N-ethyl adjacent to an activating group) is 1. The number of nitrogens with zero attached hydrogens (tertiary/aromatic N) is 3. The van der Waals surface area contributed by atoms with E-state index in [1.54, 1.807) is 0 Å². The molecule has 2 aromatic rings. The molecule has 2 heterocycles. The number of aromatic amines is 1. The summed E-state index contributed by atoms with van der Waals surface area (Å²) in [5.74, 6) is 1.38. The number of H-pyrrole nitrogens is 1. The van der Waals surface area contributed by atoms with Gasteiger partial charge < -0.3 is 19.5 Å². The number of rotatable bonds is 11. The number of nitrogens with one attached hydrogen (secondary N) is 1. The van der Waals surface area contributed by atoms with Gasteiger partial charge >= 0.3 is 0 Å². The van der Waals surface area contributed by atoms with E-state index in [-0.39, 0.29) is 5.56 Å². The van der Waals surface area contributed by atoms with E-state index in [1.165, 1.54) is 31.5 Å². The Morgan fingerprint density at radius 3 is 2.61 bits per heavy atom. The van der Waals surface area contributed by atoms with Crippen LogP contribution in [0.2, 0.25) is 0 Å². The molecule has 3 rings (SSSR count). The first-order valence-electron chi connectivity index (χ1n) is 11.8. The molecule has 1 saturated heterocycles. The summed E-state index contributed by atoms with van der Waals surface area (Å²) >= 11 is 0. The quantitative estimate of drug-likeness (QED) is 0.591. The van der Waals surface area contributed by atoms with Crippen LogP contribution < -0.4 is 10.3 Å². The van der Waals surface area contributed by atoms with Crippen LogP contribution in [0, 0.1) is 0 Å². The fraction of sp³-hybridized carbons (Fsp3) is 0.600. The topological polar surface area (TPSA) is 61.5 Å². The molecular weight excluding hydrogens is 388 g/mol. The van der Waals surface area contributed by atoms with E-state index in [1.807, 2.05) is 19.9 Å². The van der Waals surface area contributed by atoms with Crippen molar-refractivity contribution in [1.29, 1.82) is 0 Å². The Balaban J connectivity index is 1.85. The Labute approximate surface area is 186 Å². The molecule has 0 radical (unpaired) electrons. The molecular formula is C25H38N4O2. The van der Waals surface area contributed by atoms with Crippen molar-refractivity contribution in [1.82, 2.24) is 19.8 Å². The Hall–Kier alpha value is -2.18. The molecule has 6 heteroatoms. The molecule has 6 nitrogen and oxygen atoms in total. The lowest BCUT2D eigenvalue weighted by molar-refractivity contribution is 0.252. The molecule has 0 amide bonds. The number of hydrogen-bond acceptors (Lipinski definition) is 5. The number of aromatic nitrogens is 2. The summed E-state index contributed by atoms with van der Waals surface area (Å²) in [5, 5.41) is 0. The first-order chi connectivity index (χ1) is 15.0. The average Bonchev–Trinajstić information content (AvgIpc) is 3.30. The van der Waals surface area contributed by atoms with Gasteiger partial charge in [-0.2, -0.15) is 0 Å². The van der Waals surface area contributed by atoms with Gasteiger partial charge in [0.05, 0.1) is 17.9 Å². The van der Waals surface area contributed by atoms with Crippen LogP contribution in [0.3, 0.4) is 0 Å². The second kappa shape index (κ2) is 11.4. The largest absolute Gasteiger partial charge is 0.493 e. The number of aryl methyl sites for hydroxylation is 1. The summed E-state index contributed by atoms with van der Waals surface area (Å²) in [4.78, 5) is 25.4. The summed E-state index contributed by atoms with van der Waals surface area (Å²) in [6.45, 7) is 12.3. The molecule has 0 spiro atoms. The predicted octanol–water partition coefficient (Wildman–Crippen LogP) is 3.88. The number of ether oxygens (including phenoxy) is 1. The molecule has 1 aliphatic heterocycles. The molecule has 1 fully saturated rings. The summed E-state index contributed by atoms with van der Waals surface area (Å²) in [7, 11) is 2.17. The fourth-order valence-electron chi connectivity index (χ4n) is 4.24. The summed E-state index contributed by atoms with van der Waals surface area (Å²) < 4.78 is 6.00. The van der Waals surface area contributed by atoms with Gasteiger partial charge in [0.1, 0.15) is 11.6 Å². The maximum atomic E-state index is 12.7. The van der Waals surface area contributed by atoms with Crippen LogP contribution in [0.4, 0.5) is 0 Å². The lowest BCUT2D eigenvalue weighted by Crippen LogP contribution is -2.31. The van der Waals surface area contributed by atoms with E-state index in [0.717, 1.165) is 55.0 Å². The molecule has 0 unspecified atom stereocenters. The van der Waals surface area contributed by atoms with Crippen molar-refractivity contribution >= 4 is 0 Å². The monoisotopic (exact) mass is 426 g/mol. The molecule has 0 aliphatic carbocycles. The summed E-state index contributed by atoms with van der Waals surface area (Å²) in [6, 6.07) is 6.27. The number of benzene rings is 1. The molecule has 170 valence electrons. The molecule has 1 aromatic carbocycles. The van der Waals surface area contributed by atoms with E-state index in [4.69, 9.17) is 9.72 Å². The third-order valence-electron chi connectivity index (χ3n) is 6.00. The zero-order valence-corrected chi connectivity index (χ0v) is 19.7. The van der Waals surface area contributed by atoms with Crippen molar-refractivity contribution < 1.29 is 4.74 Å². The van der Waals surface area contributed by atoms with Gasteiger partial charge in [0.15, 0.2) is 0 Å². The van der Waals surface area contributed by atoms with E-state index < -0.39 is 0 Å². The highest BCUT2D eigenvalue weighted by atomic mass is 16.5. The first-order valence-corrected chi connectivity index (χ1v) is 11.8. The second-order valence-electron chi connectivity index (χ2n) is 8.51. The maximum Gasteiger partial charge on any atom is 0.254 e. The van der Waals surface area contributed by atoms with Gasteiger partial charge in [-0.3, -0.25) is 4.79 Å². The van der Waals surface area contributed by atoms with Crippen LogP contribution in [-0.2, 0) is 19.4 Å². The Kier molecular flexibility index (Phi) is 8.67. The van der Waals surface area contributed by atoms with Gasteiger partial charge in [-0.25, -0.2) is 4.98 Å². The highest BCUT2D eigenvalue weighted by Crippen LogP contribution is 2.29. The van der Waals surface area contributed by atoms with E-state index >= 15 is 0 Å². The van der Waals surface area contributed by atoms with Crippen LogP contribution in [-0.4, -0.2) is 59.6 Å². The average molecular weight is 427 g/mol. The first kappa shape index (κ1) is 23.5. The third-order valence-corrected chi connectivity index (χ3v) is 6.00. The van der Waals surface area contributed by atoms with Crippen molar-refractivity contribution in [3.05, 3.63) is 45.4 Å². The minimum Gasteiger partial charge on any atom is -0.493 e. The van der Waals surface area contributed by atoms with E-state index in [9.17, 15) is 4.79 Å². The molecule has 1 aromatic heterocycles. The zero-order valence-electron chi connectivity index (χ0n) is 19.7. The number of hydrogen-bond donors (Lipinski definition) is 1. The highest BCUT2D eigenvalue weighted by Gasteiger charge is 2.16. The number of likely N-dealkylation sites (tertiary alicyclic amines) is 1. The SMILES string of the molecule is CCCOc1ccc(CN(C)CCN2CCCC2)cc1-c1nc(CC)c(CC)c(=O)[nH]1. The molecule has 0 saturated carbocycles. The summed E-state index contributed by atoms with van der Waals surface area (Å²) in [5.41, 5.74) is 3.67. The Morgan fingerprint density at radius 2 is 1.94 bits per heavy atom. The lowest BCUT2D eigenvalue weighted by atomic mass is 10.1. The van der Waals surface area contributed by atoms with Crippen LogP contribution in [0.15, 0.2) is 23.0 Å². The molecule has 0 atom stereocenters. The van der Waals surface area contributed by atoms with Gasteiger partial charge in [0.2, 0.25) is 0 Å². The van der Waals surface area contributed by atoms with Crippen LogP contribution >= 0.6 is 0 Å². The molecule has 0 bridgehead atoms. The Morgan fingerprint density at radius 1 is 1.16 bits per heavy atom.